The summed E-state index contributed by atoms with van der Waals surface area (Å²) >= 11 is 1.41. The highest BCUT2D eigenvalue weighted by Crippen LogP contribution is 2.28. The van der Waals surface area contributed by atoms with E-state index in [1.807, 2.05) is 24.3 Å². The fourth-order valence-corrected chi connectivity index (χ4v) is 3.94. The van der Waals surface area contributed by atoms with Gasteiger partial charge in [0.1, 0.15) is 5.75 Å². The monoisotopic (exact) mass is 398 g/mol. The van der Waals surface area contributed by atoms with Gasteiger partial charge in [0.25, 0.3) is 5.56 Å². The van der Waals surface area contributed by atoms with E-state index in [1.54, 1.807) is 29.9 Å². The number of hydrogen-bond acceptors (Lipinski definition) is 6. The van der Waals surface area contributed by atoms with E-state index in [-0.39, 0.29) is 17.9 Å². The Labute approximate surface area is 167 Å². The summed E-state index contributed by atoms with van der Waals surface area (Å²) in [5.41, 5.74) is 1.99. The summed E-state index contributed by atoms with van der Waals surface area (Å²) in [6.45, 7) is 1.91. The lowest BCUT2D eigenvalue weighted by Crippen LogP contribution is -2.24. The lowest BCUT2D eigenvalue weighted by atomic mass is 10.1. The summed E-state index contributed by atoms with van der Waals surface area (Å²) in [6, 6.07) is 12.6. The van der Waals surface area contributed by atoms with Crippen LogP contribution >= 0.6 is 11.8 Å². The van der Waals surface area contributed by atoms with Gasteiger partial charge < -0.3 is 9.84 Å². The van der Waals surface area contributed by atoms with Crippen molar-refractivity contribution in [1.29, 1.82) is 0 Å². The smallest absolute Gasteiger partial charge is 0.262 e. The fraction of sp³-hybridized carbons (Fsp3) is 0.286. The van der Waals surface area contributed by atoms with Crippen LogP contribution in [-0.4, -0.2) is 34.2 Å². The van der Waals surface area contributed by atoms with Crippen LogP contribution in [0.3, 0.4) is 0 Å². The third kappa shape index (κ3) is 4.26. The van der Waals surface area contributed by atoms with E-state index < -0.39 is 0 Å². The van der Waals surface area contributed by atoms with Gasteiger partial charge in [-0.25, -0.2) is 4.98 Å². The van der Waals surface area contributed by atoms with Gasteiger partial charge in [-0.2, -0.15) is 0 Å². The molecule has 2 aromatic carbocycles. The molecule has 1 heterocycles. The number of aromatic nitrogens is 2. The van der Waals surface area contributed by atoms with Gasteiger partial charge in [-0.3, -0.25) is 14.2 Å². The van der Waals surface area contributed by atoms with E-state index >= 15 is 0 Å². The van der Waals surface area contributed by atoms with E-state index in [1.165, 1.54) is 18.7 Å². The lowest BCUT2D eigenvalue weighted by Gasteiger charge is -2.14. The number of para-hydroxylation sites is 1. The van der Waals surface area contributed by atoms with Gasteiger partial charge in [-0.15, -0.1) is 0 Å². The number of thioether (sulfide) groups is 1. The van der Waals surface area contributed by atoms with Crippen LogP contribution in [0.15, 0.2) is 52.4 Å². The molecule has 1 N–H and O–H groups in total. The Balaban J connectivity index is 1.99. The van der Waals surface area contributed by atoms with E-state index in [0.29, 0.717) is 46.1 Å². The number of fused-ring (bicyclic) bond motifs is 1. The second kappa shape index (κ2) is 9.03. The number of rotatable bonds is 8. The van der Waals surface area contributed by atoms with Gasteiger partial charge in [-0.1, -0.05) is 23.9 Å². The molecular formula is C21H22N2O4S. The molecule has 1 aromatic heterocycles. The summed E-state index contributed by atoms with van der Waals surface area (Å²) in [6.07, 6.45) is 0.469. The second-order valence-electron chi connectivity index (χ2n) is 6.32. The Bertz CT molecular complexity index is 1060. The molecule has 0 bridgehead atoms. The minimum atomic E-state index is -0.119. The number of ether oxygens (including phenoxy) is 1. The number of methoxy groups -OCH3 is 1. The van der Waals surface area contributed by atoms with Gasteiger partial charge in [-0.05, 0) is 43.7 Å². The van der Waals surface area contributed by atoms with Crippen molar-refractivity contribution in [3.8, 4) is 5.75 Å². The summed E-state index contributed by atoms with van der Waals surface area (Å²) in [4.78, 5) is 29.3. The number of nitrogens with zero attached hydrogens (tertiary/aromatic N) is 2. The third-order valence-corrected chi connectivity index (χ3v) is 5.44. The maximum Gasteiger partial charge on any atom is 0.262 e. The first kappa shape index (κ1) is 20.1. The average molecular weight is 398 g/mol. The molecule has 0 aliphatic carbocycles. The first-order valence-corrected chi connectivity index (χ1v) is 9.94. The number of carbonyl (C=O) groups excluding carboxylic acids is 1. The summed E-state index contributed by atoms with van der Waals surface area (Å²) < 4.78 is 7.01. The molecule has 3 rings (SSSR count). The average Bonchev–Trinajstić information content (AvgIpc) is 2.71. The van der Waals surface area contributed by atoms with Crippen LogP contribution in [0.25, 0.3) is 10.9 Å². The van der Waals surface area contributed by atoms with Crippen molar-refractivity contribution in [3.63, 3.8) is 0 Å². The minimum absolute atomic E-state index is 0.00213. The molecule has 0 saturated heterocycles. The predicted molar refractivity (Wildman–Crippen MR) is 110 cm³/mol. The van der Waals surface area contributed by atoms with Crippen LogP contribution < -0.4 is 10.3 Å². The zero-order valence-corrected chi connectivity index (χ0v) is 16.7. The van der Waals surface area contributed by atoms with E-state index in [2.05, 4.69) is 4.98 Å². The summed E-state index contributed by atoms with van der Waals surface area (Å²) in [5, 5.41) is 10.3. The fourth-order valence-electron chi connectivity index (χ4n) is 2.94. The number of aliphatic hydroxyl groups is 1. The molecule has 28 heavy (non-hydrogen) atoms. The maximum atomic E-state index is 12.9. The molecule has 0 radical (unpaired) electrons. The highest BCUT2D eigenvalue weighted by molar-refractivity contribution is 7.98. The Morgan fingerprint density at radius 2 is 2.04 bits per heavy atom. The summed E-state index contributed by atoms with van der Waals surface area (Å²) in [5.74, 6) is 1.16. The van der Waals surface area contributed by atoms with Crippen molar-refractivity contribution in [2.45, 2.75) is 30.8 Å². The number of carbonyl (C=O) groups is 1. The highest BCUT2D eigenvalue weighted by Gasteiger charge is 2.14. The van der Waals surface area contributed by atoms with Crippen LogP contribution in [-0.2, 0) is 12.3 Å². The molecule has 0 unspecified atom stereocenters. The Hall–Kier alpha value is -2.64. The molecule has 3 aromatic rings. The first-order valence-electron chi connectivity index (χ1n) is 8.96. The van der Waals surface area contributed by atoms with Gasteiger partial charge in [0.2, 0.25) is 0 Å². The molecule has 6 nitrogen and oxygen atoms in total. The molecule has 0 amide bonds. The van der Waals surface area contributed by atoms with Crippen LogP contribution in [0, 0.1) is 0 Å². The van der Waals surface area contributed by atoms with E-state index in [4.69, 9.17) is 4.74 Å². The molecule has 0 atom stereocenters. The molecular weight excluding hydrogens is 376 g/mol. The highest BCUT2D eigenvalue weighted by atomic mass is 32.2. The van der Waals surface area contributed by atoms with Crippen LogP contribution in [0.5, 0.6) is 5.75 Å². The zero-order chi connectivity index (χ0) is 20.1. The SMILES string of the molecule is COc1ccc(C(C)=O)cc1CSc1nc2ccccc2c(=O)n1CCCO. The van der Waals surface area contributed by atoms with Crippen molar-refractivity contribution in [1.82, 2.24) is 9.55 Å². The van der Waals surface area contributed by atoms with Gasteiger partial charge in [0.15, 0.2) is 10.9 Å². The zero-order valence-electron chi connectivity index (χ0n) is 15.8. The quantitative estimate of drug-likeness (QED) is 0.356. The normalized spacial score (nSPS) is 11.0. The van der Waals surface area contributed by atoms with Crippen molar-refractivity contribution in [3.05, 3.63) is 63.9 Å². The molecule has 0 saturated carbocycles. The molecule has 0 spiro atoms. The van der Waals surface area contributed by atoms with Gasteiger partial charge in [0.05, 0.1) is 18.0 Å². The topological polar surface area (TPSA) is 81.4 Å². The largest absolute Gasteiger partial charge is 0.496 e. The third-order valence-electron chi connectivity index (χ3n) is 4.41. The number of aliphatic hydroxyl groups excluding tert-OH is 1. The predicted octanol–water partition coefficient (Wildman–Crippen LogP) is 3.28. The van der Waals surface area contributed by atoms with Crippen molar-refractivity contribution < 1.29 is 14.6 Å². The minimum Gasteiger partial charge on any atom is -0.496 e. The Morgan fingerprint density at radius 1 is 1.25 bits per heavy atom. The standard InChI is InChI=1S/C21H22N2O4S/c1-14(25)15-8-9-19(27-2)16(12-15)13-28-21-22-18-7-4-3-6-17(18)20(26)23(21)10-5-11-24/h3-4,6-9,12,24H,5,10-11,13H2,1-2H3. The number of Topliss-reactive ketones (excluding diaryl/α,β-unsaturated/α-hetero) is 1. The van der Waals surface area contributed by atoms with E-state index in [9.17, 15) is 14.7 Å². The number of hydrogen-bond donors (Lipinski definition) is 1. The van der Waals surface area contributed by atoms with Crippen molar-refractivity contribution >= 4 is 28.4 Å². The van der Waals surface area contributed by atoms with Crippen LogP contribution in [0.1, 0.15) is 29.3 Å². The number of ketones is 1. The van der Waals surface area contributed by atoms with Gasteiger partial charge in [0, 0.05) is 30.0 Å². The maximum absolute atomic E-state index is 12.9. The van der Waals surface area contributed by atoms with Crippen molar-refractivity contribution in [2.24, 2.45) is 0 Å². The van der Waals surface area contributed by atoms with E-state index in [0.717, 1.165) is 5.56 Å². The van der Waals surface area contributed by atoms with Gasteiger partial charge >= 0.3 is 0 Å². The first-order chi connectivity index (χ1) is 13.5. The molecule has 0 aliphatic rings. The van der Waals surface area contributed by atoms with Crippen molar-refractivity contribution in [2.75, 3.05) is 13.7 Å². The molecule has 146 valence electrons. The van der Waals surface area contributed by atoms with Crippen LogP contribution in [0.2, 0.25) is 0 Å². The molecule has 0 aliphatic heterocycles. The summed E-state index contributed by atoms with van der Waals surface area (Å²) in [7, 11) is 1.59. The lowest BCUT2D eigenvalue weighted by molar-refractivity contribution is 0.101. The Kier molecular flexibility index (Phi) is 6.49. The van der Waals surface area contributed by atoms with Crippen LogP contribution in [0.4, 0.5) is 0 Å². The second-order valence-corrected chi connectivity index (χ2v) is 7.26. The number of benzene rings is 2. The molecule has 0 fully saturated rings. The Morgan fingerprint density at radius 3 is 2.75 bits per heavy atom. The molecule has 7 heteroatoms.